The molecule has 0 fully saturated rings. The number of thiophene rings is 1. The molecule has 1 aliphatic rings. The minimum atomic E-state index is -0.185. The highest BCUT2D eigenvalue weighted by Gasteiger charge is 2.25. The van der Waals surface area contributed by atoms with Crippen molar-refractivity contribution < 1.29 is 14.3 Å². The fourth-order valence-electron chi connectivity index (χ4n) is 4.40. The Kier molecular flexibility index (Phi) is 7.50. The molecule has 5 rings (SSSR count). The molecule has 1 aliphatic heterocycles. The lowest BCUT2D eigenvalue weighted by Crippen LogP contribution is -2.30. The summed E-state index contributed by atoms with van der Waals surface area (Å²) in [7, 11) is 3.20. The SMILES string of the molecule is CCN1CCc2c(sc3nc(SCC(=O)Nc4ccc(OC)cc4)n(-c4ccc(OC)cc4)c(=O)c23)C1. The van der Waals surface area contributed by atoms with E-state index in [0.717, 1.165) is 36.4 Å². The quantitative estimate of drug-likeness (QED) is 0.261. The van der Waals surface area contributed by atoms with Crippen LogP contribution in [-0.4, -0.2) is 53.4 Å². The molecule has 10 heteroatoms. The summed E-state index contributed by atoms with van der Waals surface area (Å²) in [5, 5.41) is 4.07. The third kappa shape index (κ3) is 5.22. The van der Waals surface area contributed by atoms with Gasteiger partial charge in [0.25, 0.3) is 5.56 Å². The number of thioether (sulfide) groups is 1. The number of nitrogens with one attached hydrogen (secondary N) is 1. The van der Waals surface area contributed by atoms with Crippen molar-refractivity contribution in [3.63, 3.8) is 0 Å². The molecule has 0 spiro atoms. The molecule has 1 amide bonds. The van der Waals surface area contributed by atoms with E-state index in [4.69, 9.17) is 14.5 Å². The number of methoxy groups -OCH3 is 2. The van der Waals surface area contributed by atoms with Crippen LogP contribution in [0.4, 0.5) is 5.69 Å². The highest BCUT2D eigenvalue weighted by Crippen LogP contribution is 2.34. The molecule has 37 heavy (non-hydrogen) atoms. The summed E-state index contributed by atoms with van der Waals surface area (Å²) in [4.78, 5) is 35.9. The van der Waals surface area contributed by atoms with Crippen molar-refractivity contribution >= 4 is 44.9 Å². The largest absolute Gasteiger partial charge is 0.497 e. The second-order valence-electron chi connectivity index (χ2n) is 8.60. The molecule has 4 aromatic rings. The van der Waals surface area contributed by atoms with Gasteiger partial charge in [-0.3, -0.25) is 19.1 Å². The fraction of sp³-hybridized carbons (Fsp3) is 0.296. The van der Waals surface area contributed by atoms with E-state index in [0.29, 0.717) is 33.4 Å². The number of carbonyl (C=O) groups excluding carboxylic acids is 1. The minimum Gasteiger partial charge on any atom is -0.497 e. The summed E-state index contributed by atoms with van der Waals surface area (Å²) < 4.78 is 12.1. The number of anilines is 1. The van der Waals surface area contributed by atoms with Crippen molar-refractivity contribution in [3.05, 3.63) is 69.3 Å². The molecule has 0 atom stereocenters. The van der Waals surface area contributed by atoms with Gasteiger partial charge in [0.1, 0.15) is 16.3 Å². The molecular weight excluding hydrogens is 508 g/mol. The third-order valence-corrected chi connectivity index (χ3v) is 8.46. The Hall–Kier alpha value is -3.34. The number of nitrogens with zero attached hydrogens (tertiary/aromatic N) is 3. The maximum atomic E-state index is 13.9. The summed E-state index contributed by atoms with van der Waals surface area (Å²) in [6.45, 7) is 4.89. The second kappa shape index (κ2) is 11.0. The van der Waals surface area contributed by atoms with Crippen LogP contribution in [0, 0.1) is 0 Å². The standard InChI is InChI=1S/C27H28N4O4S2/c1-4-30-14-13-21-22(15-30)37-25-24(21)26(33)31(18-7-11-20(35-3)12-8-18)27(29-25)36-16-23(32)28-17-5-9-19(34-2)10-6-17/h5-12H,4,13-16H2,1-3H3,(H,28,32). The number of aromatic nitrogens is 2. The Bertz CT molecular complexity index is 1480. The van der Waals surface area contributed by atoms with Crippen molar-refractivity contribution in [2.75, 3.05) is 38.4 Å². The third-order valence-electron chi connectivity index (χ3n) is 6.41. The predicted molar refractivity (Wildman–Crippen MR) is 149 cm³/mol. The Labute approximate surface area is 223 Å². The Morgan fingerprint density at radius 3 is 2.41 bits per heavy atom. The molecule has 0 radical (unpaired) electrons. The van der Waals surface area contributed by atoms with E-state index in [1.165, 1.54) is 16.6 Å². The monoisotopic (exact) mass is 536 g/mol. The van der Waals surface area contributed by atoms with Crippen LogP contribution in [0.15, 0.2) is 58.5 Å². The van der Waals surface area contributed by atoms with Crippen molar-refractivity contribution in [3.8, 4) is 17.2 Å². The summed E-state index contributed by atoms with van der Waals surface area (Å²) in [5.74, 6) is 1.34. The average Bonchev–Trinajstić information content (AvgIpc) is 3.30. The van der Waals surface area contributed by atoms with Gasteiger partial charge in [-0.05, 0) is 67.1 Å². The van der Waals surface area contributed by atoms with E-state index in [-0.39, 0.29) is 17.2 Å². The maximum absolute atomic E-state index is 13.9. The van der Waals surface area contributed by atoms with Gasteiger partial charge in [-0.25, -0.2) is 4.98 Å². The van der Waals surface area contributed by atoms with Gasteiger partial charge in [0, 0.05) is 23.7 Å². The van der Waals surface area contributed by atoms with Gasteiger partial charge in [-0.1, -0.05) is 18.7 Å². The van der Waals surface area contributed by atoms with Crippen LogP contribution in [0.1, 0.15) is 17.4 Å². The van der Waals surface area contributed by atoms with Crippen molar-refractivity contribution in [1.29, 1.82) is 0 Å². The zero-order chi connectivity index (χ0) is 25.9. The molecule has 3 heterocycles. The number of ether oxygens (including phenoxy) is 2. The Morgan fingerprint density at radius 2 is 1.76 bits per heavy atom. The lowest BCUT2D eigenvalue weighted by Gasteiger charge is -2.25. The first-order valence-electron chi connectivity index (χ1n) is 12.0. The molecule has 1 N–H and O–H groups in total. The Balaban J connectivity index is 1.49. The van der Waals surface area contributed by atoms with Crippen LogP contribution >= 0.6 is 23.1 Å². The molecule has 8 nitrogen and oxygen atoms in total. The molecule has 2 aromatic carbocycles. The van der Waals surface area contributed by atoms with Crippen molar-refractivity contribution in [2.24, 2.45) is 0 Å². The zero-order valence-corrected chi connectivity index (χ0v) is 22.6. The van der Waals surface area contributed by atoms with E-state index in [2.05, 4.69) is 17.1 Å². The van der Waals surface area contributed by atoms with E-state index in [9.17, 15) is 9.59 Å². The van der Waals surface area contributed by atoms with E-state index < -0.39 is 0 Å². The number of benzene rings is 2. The van der Waals surface area contributed by atoms with E-state index in [1.807, 2.05) is 24.3 Å². The van der Waals surface area contributed by atoms with Gasteiger partial charge < -0.3 is 14.8 Å². The lowest BCUT2D eigenvalue weighted by molar-refractivity contribution is -0.113. The normalized spacial score (nSPS) is 13.4. The molecule has 0 saturated heterocycles. The van der Waals surface area contributed by atoms with Gasteiger partial charge in [0.2, 0.25) is 5.91 Å². The van der Waals surface area contributed by atoms with Gasteiger partial charge in [0.15, 0.2) is 5.16 Å². The molecule has 0 bridgehead atoms. The number of rotatable bonds is 8. The van der Waals surface area contributed by atoms with Crippen LogP contribution in [0.3, 0.4) is 0 Å². The van der Waals surface area contributed by atoms with Gasteiger partial charge in [-0.15, -0.1) is 11.3 Å². The molecule has 0 unspecified atom stereocenters. The van der Waals surface area contributed by atoms with Gasteiger partial charge in [-0.2, -0.15) is 0 Å². The summed E-state index contributed by atoms with van der Waals surface area (Å²) in [6.07, 6.45) is 0.833. The highest BCUT2D eigenvalue weighted by atomic mass is 32.2. The average molecular weight is 537 g/mol. The van der Waals surface area contributed by atoms with Gasteiger partial charge >= 0.3 is 0 Å². The first kappa shape index (κ1) is 25.3. The molecule has 2 aromatic heterocycles. The first-order chi connectivity index (χ1) is 18.0. The second-order valence-corrected chi connectivity index (χ2v) is 10.6. The van der Waals surface area contributed by atoms with Crippen LogP contribution in [0.5, 0.6) is 11.5 Å². The van der Waals surface area contributed by atoms with Crippen LogP contribution in [0.2, 0.25) is 0 Å². The number of hydrogen-bond donors (Lipinski definition) is 1. The lowest BCUT2D eigenvalue weighted by atomic mass is 10.1. The van der Waals surface area contributed by atoms with E-state index >= 15 is 0 Å². The van der Waals surface area contributed by atoms with Crippen molar-refractivity contribution in [2.45, 2.75) is 25.0 Å². The topological polar surface area (TPSA) is 85.7 Å². The molecular formula is C27H28N4O4S2. The minimum absolute atomic E-state index is 0.101. The van der Waals surface area contributed by atoms with Crippen molar-refractivity contribution in [1.82, 2.24) is 14.5 Å². The molecule has 192 valence electrons. The maximum Gasteiger partial charge on any atom is 0.267 e. The number of fused-ring (bicyclic) bond motifs is 3. The number of amides is 1. The summed E-state index contributed by atoms with van der Waals surface area (Å²) in [6, 6.07) is 14.5. The number of carbonyl (C=O) groups is 1. The summed E-state index contributed by atoms with van der Waals surface area (Å²) in [5.41, 5.74) is 2.37. The molecule has 0 saturated carbocycles. The first-order valence-corrected chi connectivity index (χ1v) is 13.8. The highest BCUT2D eigenvalue weighted by molar-refractivity contribution is 7.99. The Morgan fingerprint density at radius 1 is 1.08 bits per heavy atom. The van der Waals surface area contributed by atoms with Crippen LogP contribution in [-0.2, 0) is 17.8 Å². The molecule has 0 aliphatic carbocycles. The van der Waals surface area contributed by atoms with Crippen LogP contribution in [0.25, 0.3) is 15.9 Å². The fourth-order valence-corrected chi connectivity index (χ4v) is 6.52. The summed E-state index contributed by atoms with van der Waals surface area (Å²) >= 11 is 2.83. The predicted octanol–water partition coefficient (Wildman–Crippen LogP) is 4.57. The number of likely N-dealkylation sites (N-methyl/N-ethyl adjacent to an activating group) is 1. The van der Waals surface area contributed by atoms with Crippen LogP contribution < -0.4 is 20.3 Å². The zero-order valence-electron chi connectivity index (χ0n) is 20.9. The number of hydrogen-bond acceptors (Lipinski definition) is 8. The van der Waals surface area contributed by atoms with Gasteiger partial charge in [0.05, 0.1) is 31.0 Å². The van der Waals surface area contributed by atoms with E-state index in [1.54, 1.807) is 54.4 Å². The smallest absolute Gasteiger partial charge is 0.267 e.